The van der Waals surface area contributed by atoms with E-state index in [2.05, 4.69) is 11.4 Å². The number of alkyl carbamates (subject to hydrolysis) is 1. The Morgan fingerprint density at radius 1 is 1.50 bits per heavy atom. The lowest BCUT2D eigenvalue weighted by Gasteiger charge is -2.21. The van der Waals surface area contributed by atoms with Crippen LogP contribution >= 0.6 is 0 Å². The lowest BCUT2D eigenvalue weighted by atomic mass is 9.97. The third kappa shape index (κ3) is 5.29. The summed E-state index contributed by atoms with van der Waals surface area (Å²) in [5.41, 5.74) is 6.72. The molecule has 20 heavy (non-hydrogen) atoms. The van der Waals surface area contributed by atoms with E-state index in [4.69, 9.17) is 15.7 Å². The van der Waals surface area contributed by atoms with Gasteiger partial charge in [0.05, 0.1) is 11.6 Å². The van der Waals surface area contributed by atoms with Crippen LogP contribution < -0.4 is 11.1 Å². The van der Waals surface area contributed by atoms with Gasteiger partial charge in [0.25, 0.3) is 0 Å². The molecule has 0 fully saturated rings. The molecule has 0 aliphatic carbocycles. The summed E-state index contributed by atoms with van der Waals surface area (Å²) in [6.07, 6.45) is -0.465. The average Bonchev–Trinajstić information content (AvgIpc) is 2.37. The summed E-state index contributed by atoms with van der Waals surface area (Å²) in [5, 5.41) is 11.6. The number of carbonyl (C=O) groups excluding carboxylic acids is 1. The Morgan fingerprint density at radius 2 is 2.20 bits per heavy atom. The topological polar surface area (TPSA) is 88.1 Å². The number of benzene rings is 1. The highest BCUT2D eigenvalue weighted by atomic mass is 16.6. The van der Waals surface area contributed by atoms with E-state index in [1.54, 1.807) is 12.1 Å². The van der Waals surface area contributed by atoms with Crippen LogP contribution in [-0.4, -0.2) is 24.8 Å². The Hall–Kier alpha value is -2.06. The van der Waals surface area contributed by atoms with E-state index in [1.807, 2.05) is 32.9 Å². The number of hydrogen-bond acceptors (Lipinski definition) is 4. The molecule has 0 aromatic heterocycles. The lowest BCUT2D eigenvalue weighted by Crippen LogP contribution is -2.36. The second-order valence-corrected chi connectivity index (χ2v) is 5.55. The Kier molecular flexibility index (Phi) is 5.53. The van der Waals surface area contributed by atoms with Gasteiger partial charge in [0.1, 0.15) is 5.60 Å². The first-order valence-electron chi connectivity index (χ1n) is 6.52. The molecule has 1 amide bonds. The number of carbonyl (C=O) groups is 1. The average molecular weight is 275 g/mol. The van der Waals surface area contributed by atoms with Crippen LogP contribution in [0.4, 0.5) is 4.79 Å². The van der Waals surface area contributed by atoms with Crippen LogP contribution in [0.15, 0.2) is 24.3 Å². The number of rotatable bonds is 4. The highest BCUT2D eigenvalue weighted by Gasteiger charge is 2.17. The first-order valence-corrected chi connectivity index (χ1v) is 6.52. The summed E-state index contributed by atoms with van der Waals surface area (Å²) in [6.45, 7) is 6.18. The van der Waals surface area contributed by atoms with Gasteiger partial charge in [-0.2, -0.15) is 5.26 Å². The van der Waals surface area contributed by atoms with Crippen molar-refractivity contribution in [2.24, 2.45) is 5.73 Å². The van der Waals surface area contributed by atoms with Crippen molar-refractivity contribution >= 4 is 6.09 Å². The second-order valence-electron chi connectivity index (χ2n) is 5.55. The van der Waals surface area contributed by atoms with Crippen LogP contribution in [-0.2, 0) is 4.74 Å². The molecule has 0 saturated heterocycles. The van der Waals surface area contributed by atoms with Crippen molar-refractivity contribution in [2.75, 3.05) is 13.1 Å². The minimum Gasteiger partial charge on any atom is -0.444 e. The predicted octanol–water partition coefficient (Wildman–Crippen LogP) is 2.13. The molecule has 1 aromatic rings. The van der Waals surface area contributed by atoms with Gasteiger partial charge in [-0.3, -0.25) is 0 Å². The third-order valence-electron chi connectivity index (χ3n) is 2.66. The minimum atomic E-state index is -0.525. The number of nitrogens with one attached hydrogen (secondary N) is 1. The van der Waals surface area contributed by atoms with Gasteiger partial charge in [-0.25, -0.2) is 4.79 Å². The van der Waals surface area contributed by atoms with Gasteiger partial charge in [0.15, 0.2) is 0 Å². The maximum atomic E-state index is 11.6. The van der Waals surface area contributed by atoms with Gasteiger partial charge in [-0.1, -0.05) is 12.1 Å². The van der Waals surface area contributed by atoms with E-state index >= 15 is 0 Å². The fourth-order valence-corrected chi connectivity index (χ4v) is 1.72. The highest BCUT2D eigenvalue weighted by molar-refractivity contribution is 5.67. The van der Waals surface area contributed by atoms with E-state index in [1.165, 1.54) is 0 Å². The molecule has 0 spiro atoms. The molecule has 0 saturated carbocycles. The molecule has 108 valence electrons. The fraction of sp³-hybridized carbons (Fsp3) is 0.467. The molecule has 0 aliphatic rings. The maximum absolute atomic E-state index is 11.6. The largest absolute Gasteiger partial charge is 0.444 e. The Morgan fingerprint density at radius 3 is 2.75 bits per heavy atom. The van der Waals surface area contributed by atoms with Gasteiger partial charge in [-0.15, -0.1) is 0 Å². The van der Waals surface area contributed by atoms with Crippen molar-refractivity contribution in [1.29, 1.82) is 5.26 Å². The number of hydrogen-bond donors (Lipinski definition) is 2. The minimum absolute atomic E-state index is 0.0455. The normalized spacial score (nSPS) is 12.3. The summed E-state index contributed by atoms with van der Waals surface area (Å²) in [7, 11) is 0. The van der Waals surface area contributed by atoms with Gasteiger partial charge in [0.2, 0.25) is 0 Å². The smallest absolute Gasteiger partial charge is 0.407 e. The number of nitrogens with zero attached hydrogens (tertiary/aromatic N) is 1. The highest BCUT2D eigenvalue weighted by Crippen LogP contribution is 2.15. The van der Waals surface area contributed by atoms with Crippen LogP contribution in [0.25, 0.3) is 0 Å². The first kappa shape index (κ1) is 16.0. The van der Waals surface area contributed by atoms with E-state index in [-0.39, 0.29) is 5.92 Å². The maximum Gasteiger partial charge on any atom is 0.407 e. The molecule has 0 heterocycles. The monoisotopic (exact) mass is 275 g/mol. The third-order valence-corrected chi connectivity index (χ3v) is 2.66. The molecule has 5 nitrogen and oxygen atoms in total. The van der Waals surface area contributed by atoms with Crippen molar-refractivity contribution in [3.63, 3.8) is 0 Å². The van der Waals surface area contributed by atoms with Crippen molar-refractivity contribution < 1.29 is 9.53 Å². The molecule has 0 aliphatic heterocycles. The summed E-state index contributed by atoms with van der Waals surface area (Å²) in [4.78, 5) is 11.6. The molecule has 1 unspecified atom stereocenters. The number of nitriles is 1. The van der Waals surface area contributed by atoms with Crippen LogP contribution in [0.1, 0.15) is 37.8 Å². The van der Waals surface area contributed by atoms with Gasteiger partial charge >= 0.3 is 6.09 Å². The molecule has 1 aromatic carbocycles. The number of nitrogens with two attached hydrogens (primary N) is 1. The van der Waals surface area contributed by atoms with E-state index in [0.717, 1.165) is 5.56 Å². The Labute approximate surface area is 119 Å². The van der Waals surface area contributed by atoms with Gasteiger partial charge < -0.3 is 15.8 Å². The summed E-state index contributed by atoms with van der Waals surface area (Å²) in [5.74, 6) is -0.0455. The standard InChI is InChI=1S/C15H21N3O2/c1-15(2,3)20-14(19)18-10-13(9-17)12-6-4-5-11(7-12)8-16/h4-7,13H,9-10,17H2,1-3H3,(H,18,19). The summed E-state index contributed by atoms with van der Waals surface area (Å²) in [6, 6.07) is 9.32. The quantitative estimate of drug-likeness (QED) is 0.881. The van der Waals surface area contributed by atoms with Gasteiger partial charge in [0, 0.05) is 19.0 Å². The van der Waals surface area contributed by atoms with Crippen LogP contribution in [0.3, 0.4) is 0 Å². The molecule has 0 bridgehead atoms. The zero-order valence-corrected chi connectivity index (χ0v) is 12.1. The fourth-order valence-electron chi connectivity index (χ4n) is 1.72. The van der Waals surface area contributed by atoms with E-state index in [9.17, 15) is 4.79 Å². The summed E-state index contributed by atoms with van der Waals surface area (Å²) < 4.78 is 5.17. The molecule has 1 atom stereocenters. The summed E-state index contributed by atoms with van der Waals surface area (Å²) >= 11 is 0. The van der Waals surface area contributed by atoms with E-state index in [0.29, 0.717) is 18.7 Å². The molecule has 1 rings (SSSR count). The second kappa shape index (κ2) is 6.92. The molecular weight excluding hydrogens is 254 g/mol. The van der Waals surface area contributed by atoms with E-state index < -0.39 is 11.7 Å². The van der Waals surface area contributed by atoms with Crippen molar-refractivity contribution in [3.8, 4) is 6.07 Å². The van der Waals surface area contributed by atoms with Crippen molar-refractivity contribution in [2.45, 2.75) is 32.3 Å². The molecule has 5 heteroatoms. The van der Waals surface area contributed by atoms with Crippen molar-refractivity contribution in [3.05, 3.63) is 35.4 Å². The number of amides is 1. The molecule has 3 N–H and O–H groups in total. The van der Waals surface area contributed by atoms with Crippen LogP contribution in [0.5, 0.6) is 0 Å². The van der Waals surface area contributed by atoms with Gasteiger partial charge in [-0.05, 0) is 38.5 Å². The molecule has 0 radical (unpaired) electrons. The predicted molar refractivity (Wildman–Crippen MR) is 77.2 cm³/mol. The lowest BCUT2D eigenvalue weighted by molar-refractivity contribution is 0.0525. The van der Waals surface area contributed by atoms with Crippen LogP contribution in [0.2, 0.25) is 0 Å². The Bertz CT molecular complexity index is 501. The zero-order valence-electron chi connectivity index (χ0n) is 12.1. The zero-order chi connectivity index (χ0) is 15.2. The number of ether oxygens (including phenoxy) is 1. The van der Waals surface area contributed by atoms with Crippen molar-refractivity contribution in [1.82, 2.24) is 5.32 Å². The van der Waals surface area contributed by atoms with Crippen LogP contribution in [0, 0.1) is 11.3 Å². The first-order chi connectivity index (χ1) is 9.35. The molecular formula is C15H21N3O2. The SMILES string of the molecule is CC(C)(C)OC(=O)NCC(CN)c1cccc(C#N)c1. The Balaban J connectivity index is 2.64.